The Morgan fingerprint density at radius 1 is 0.947 bits per heavy atom. The van der Waals surface area contributed by atoms with Crippen molar-refractivity contribution in [3.63, 3.8) is 0 Å². The fraction of sp³-hybridized carbons (Fsp3) is 0.286. The largest absolute Gasteiger partial charge is 0.274 e. The van der Waals surface area contributed by atoms with Crippen LogP contribution in [-0.2, 0) is 9.59 Å². The van der Waals surface area contributed by atoms with Crippen LogP contribution in [0.3, 0.4) is 0 Å². The number of amides is 2. The second-order valence-electron chi connectivity index (χ2n) is 4.77. The van der Waals surface area contributed by atoms with Gasteiger partial charge in [0.1, 0.15) is 0 Å². The number of nitrogens with zero attached hydrogens (tertiary/aromatic N) is 1. The molecule has 2 aliphatic rings. The number of benzene rings is 1. The van der Waals surface area contributed by atoms with Crippen molar-refractivity contribution >= 4 is 40.7 Å². The number of carbonyl (C=O) groups is 2. The van der Waals surface area contributed by atoms with E-state index in [-0.39, 0.29) is 23.7 Å². The Kier molecular flexibility index (Phi) is 3.11. The van der Waals surface area contributed by atoms with E-state index in [0.717, 1.165) is 0 Å². The third-order valence-corrected chi connectivity index (χ3v) is 4.41. The molecule has 0 radical (unpaired) electrons. The molecule has 0 unspecified atom stereocenters. The third kappa shape index (κ3) is 1.97. The number of halogens is 2. The summed E-state index contributed by atoms with van der Waals surface area (Å²) < 4.78 is 0. The van der Waals surface area contributed by atoms with Crippen molar-refractivity contribution in [1.82, 2.24) is 0 Å². The lowest BCUT2D eigenvalue weighted by Gasteiger charge is -2.15. The van der Waals surface area contributed by atoms with Crippen LogP contribution in [0, 0.1) is 11.8 Å². The predicted molar refractivity (Wildman–Crippen MR) is 74.3 cm³/mol. The smallest absolute Gasteiger partial charge is 0.238 e. The van der Waals surface area contributed by atoms with Gasteiger partial charge in [0.05, 0.1) is 27.6 Å². The van der Waals surface area contributed by atoms with E-state index in [1.54, 1.807) is 18.2 Å². The molecule has 1 saturated heterocycles. The van der Waals surface area contributed by atoms with Gasteiger partial charge in [0, 0.05) is 0 Å². The molecule has 1 aromatic rings. The first-order valence-electron chi connectivity index (χ1n) is 6.07. The fourth-order valence-electron chi connectivity index (χ4n) is 2.68. The summed E-state index contributed by atoms with van der Waals surface area (Å²) in [5.74, 6) is -0.741. The quantitative estimate of drug-likeness (QED) is 0.588. The van der Waals surface area contributed by atoms with E-state index >= 15 is 0 Å². The molecular formula is C14H11Cl2NO2. The Balaban J connectivity index is 1.99. The molecule has 1 heterocycles. The first kappa shape index (κ1) is 12.7. The van der Waals surface area contributed by atoms with E-state index in [0.29, 0.717) is 28.6 Å². The fourth-order valence-corrected chi connectivity index (χ4v) is 2.97. The monoisotopic (exact) mass is 295 g/mol. The standard InChI is InChI=1S/C14H11Cl2NO2/c15-11-6-5-8(7-12(11)16)17-13(18)9-3-1-2-4-10(9)14(17)19/h1-2,5-7,9-10H,3-4H2/t9-,10-/m0/s1. The summed E-state index contributed by atoms with van der Waals surface area (Å²) in [6.07, 6.45) is 5.19. The van der Waals surface area contributed by atoms with Gasteiger partial charge >= 0.3 is 0 Å². The zero-order chi connectivity index (χ0) is 13.6. The van der Waals surface area contributed by atoms with Crippen LogP contribution >= 0.6 is 23.2 Å². The summed E-state index contributed by atoms with van der Waals surface area (Å²) in [4.78, 5) is 25.9. The van der Waals surface area contributed by atoms with E-state index in [1.807, 2.05) is 12.2 Å². The maximum Gasteiger partial charge on any atom is 0.238 e. The van der Waals surface area contributed by atoms with Crippen LogP contribution in [0.1, 0.15) is 12.8 Å². The summed E-state index contributed by atoms with van der Waals surface area (Å²) >= 11 is 11.8. The van der Waals surface area contributed by atoms with Crippen LogP contribution in [0.15, 0.2) is 30.4 Å². The molecule has 0 spiro atoms. The molecule has 0 bridgehead atoms. The topological polar surface area (TPSA) is 37.4 Å². The normalized spacial score (nSPS) is 25.9. The van der Waals surface area contributed by atoms with Crippen molar-refractivity contribution < 1.29 is 9.59 Å². The molecule has 0 aromatic heterocycles. The zero-order valence-corrected chi connectivity index (χ0v) is 11.5. The number of hydrogen-bond donors (Lipinski definition) is 0. The maximum atomic E-state index is 12.3. The van der Waals surface area contributed by atoms with Crippen molar-refractivity contribution in [1.29, 1.82) is 0 Å². The first-order valence-corrected chi connectivity index (χ1v) is 6.83. The van der Waals surface area contributed by atoms with Gasteiger partial charge in [-0.1, -0.05) is 35.4 Å². The van der Waals surface area contributed by atoms with Crippen LogP contribution in [0.5, 0.6) is 0 Å². The number of hydrogen-bond acceptors (Lipinski definition) is 2. The molecule has 3 rings (SSSR count). The molecule has 5 heteroatoms. The summed E-state index contributed by atoms with van der Waals surface area (Å²) in [6.45, 7) is 0. The number of carbonyl (C=O) groups excluding carboxylic acids is 2. The zero-order valence-electron chi connectivity index (χ0n) is 9.98. The van der Waals surface area contributed by atoms with Crippen LogP contribution in [0.2, 0.25) is 10.0 Å². The number of fused-ring (bicyclic) bond motifs is 1. The summed E-state index contributed by atoms with van der Waals surface area (Å²) in [7, 11) is 0. The second kappa shape index (κ2) is 4.66. The lowest BCUT2D eigenvalue weighted by Crippen LogP contribution is -2.30. The van der Waals surface area contributed by atoms with Gasteiger partial charge in [-0.15, -0.1) is 0 Å². The highest BCUT2D eigenvalue weighted by molar-refractivity contribution is 6.42. The molecule has 2 atom stereocenters. The minimum absolute atomic E-state index is 0.141. The average molecular weight is 296 g/mol. The van der Waals surface area contributed by atoms with Crippen LogP contribution in [0.25, 0.3) is 0 Å². The number of anilines is 1. The van der Waals surface area contributed by atoms with Gasteiger partial charge in [-0.2, -0.15) is 0 Å². The Morgan fingerprint density at radius 2 is 1.53 bits per heavy atom. The molecular weight excluding hydrogens is 285 g/mol. The van der Waals surface area contributed by atoms with Gasteiger partial charge in [-0.05, 0) is 31.0 Å². The average Bonchev–Trinajstić information content (AvgIpc) is 2.66. The highest BCUT2D eigenvalue weighted by atomic mass is 35.5. The van der Waals surface area contributed by atoms with Crippen LogP contribution in [0.4, 0.5) is 5.69 Å². The van der Waals surface area contributed by atoms with Crippen molar-refractivity contribution in [3.8, 4) is 0 Å². The second-order valence-corrected chi connectivity index (χ2v) is 5.58. The minimum atomic E-state index is -0.230. The highest BCUT2D eigenvalue weighted by Gasteiger charge is 2.47. The van der Waals surface area contributed by atoms with E-state index < -0.39 is 0 Å². The summed E-state index contributed by atoms with van der Waals surface area (Å²) in [6, 6.07) is 4.80. The Morgan fingerprint density at radius 3 is 2.05 bits per heavy atom. The highest BCUT2D eigenvalue weighted by Crippen LogP contribution is 2.38. The number of rotatable bonds is 1. The van der Waals surface area contributed by atoms with Gasteiger partial charge in [0.2, 0.25) is 11.8 Å². The lowest BCUT2D eigenvalue weighted by molar-refractivity contribution is -0.122. The van der Waals surface area contributed by atoms with Gasteiger partial charge in [-0.3, -0.25) is 9.59 Å². The SMILES string of the molecule is O=C1[C@H]2CC=CC[C@@H]2C(=O)N1c1ccc(Cl)c(Cl)c1. The first-order chi connectivity index (χ1) is 9.09. The Bertz CT molecular complexity index is 571. The third-order valence-electron chi connectivity index (χ3n) is 3.67. The molecule has 19 heavy (non-hydrogen) atoms. The summed E-state index contributed by atoms with van der Waals surface area (Å²) in [5.41, 5.74) is 0.499. The van der Waals surface area contributed by atoms with Crippen molar-refractivity contribution in [2.24, 2.45) is 11.8 Å². The Labute approximate surface area is 120 Å². The van der Waals surface area contributed by atoms with E-state index in [2.05, 4.69) is 0 Å². The molecule has 1 aromatic carbocycles. The van der Waals surface area contributed by atoms with E-state index in [1.165, 1.54) is 4.90 Å². The number of allylic oxidation sites excluding steroid dienone is 2. The predicted octanol–water partition coefficient (Wildman–Crippen LogP) is 3.45. The molecule has 1 fully saturated rings. The summed E-state index contributed by atoms with van der Waals surface area (Å²) in [5, 5.41) is 0.747. The van der Waals surface area contributed by atoms with Crippen LogP contribution in [-0.4, -0.2) is 11.8 Å². The van der Waals surface area contributed by atoms with Crippen LogP contribution < -0.4 is 4.90 Å². The molecule has 0 N–H and O–H groups in total. The molecule has 1 aliphatic carbocycles. The van der Waals surface area contributed by atoms with Crippen molar-refractivity contribution in [2.75, 3.05) is 4.90 Å². The molecule has 2 amide bonds. The van der Waals surface area contributed by atoms with Gasteiger partial charge in [0.15, 0.2) is 0 Å². The van der Waals surface area contributed by atoms with E-state index in [4.69, 9.17) is 23.2 Å². The molecule has 1 aliphatic heterocycles. The van der Waals surface area contributed by atoms with Gasteiger partial charge < -0.3 is 0 Å². The van der Waals surface area contributed by atoms with Crippen molar-refractivity contribution in [3.05, 3.63) is 40.4 Å². The number of imide groups is 1. The maximum absolute atomic E-state index is 12.3. The van der Waals surface area contributed by atoms with Gasteiger partial charge in [-0.25, -0.2) is 4.90 Å². The molecule has 0 saturated carbocycles. The minimum Gasteiger partial charge on any atom is -0.274 e. The van der Waals surface area contributed by atoms with Gasteiger partial charge in [0.25, 0.3) is 0 Å². The van der Waals surface area contributed by atoms with E-state index in [9.17, 15) is 9.59 Å². The molecule has 3 nitrogen and oxygen atoms in total. The van der Waals surface area contributed by atoms with Crippen molar-refractivity contribution in [2.45, 2.75) is 12.8 Å². The lowest BCUT2D eigenvalue weighted by atomic mass is 9.85. The Hall–Kier alpha value is -1.32. The molecule has 98 valence electrons.